The number of rotatable bonds is 3. The van der Waals surface area contributed by atoms with E-state index in [0.717, 1.165) is 0 Å². The van der Waals surface area contributed by atoms with E-state index >= 15 is 0 Å². The van der Waals surface area contributed by atoms with Gasteiger partial charge in [-0.1, -0.05) is 146 Å². The van der Waals surface area contributed by atoms with Gasteiger partial charge in [0, 0.05) is 20.2 Å². The molecule has 0 N–H and O–H groups in total. The second-order valence-electron chi connectivity index (χ2n) is 11.2. The van der Waals surface area contributed by atoms with Crippen LogP contribution in [0.4, 0.5) is 0 Å². The number of fused-ring (bicyclic) bond motifs is 7. The van der Waals surface area contributed by atoms with Crippen molar-refractivity contribution >= 4 is 63.8 Å². The van der Waals surface area contributed by atoms with Crippen LogP contribution in [0.5, 0.6) is 0 Å². The highest BCUT2D eigenvalue weighted by atomic mass is 32.1. The standard InChI is InChI=1S/C42H26S/c1-2-12-27(13-3-1)29-15-10-16-30(26-29)39-32-18-6-8-20-34(32)40(35-21-9-7-19-33(35)39)36-22-11-23-38-41(36)37-25-24-28-14-4-5-17-31(28)42(37)43-38/h1-26H. The minimum atomic E-state index is 1.23. The SMILES string of the molecule is c1ccc(-c2cccc(-c3c4ccccc4c(-c4cccc5sc6c7ccccc7ccc6c45)c4ccccc34)c2)cc1. The molecule has 43 heavy (non-hydrogen) atoms. The van der Waals surface area contributed by atoms with E-state index in [4.69, 9.17) is 0 Å². The van der Waals surface area contributed by atoms with E-state index in [2.05, 4.69) is 158 Å². The number of benzene rings is 8. The summed E-state index contributed by atoms with van der Waals surface area (Å²) in [6.45, 7) is 0. The molecule has 0 bridgehead atoms. The first-order chi connectivity index (χ1) is 21.3. The van der Waals surface area contributed by atoms with Crippen molar-refractivity contribution in [2.45, 2.75) is 0 Å². The fourth-order valence-corrected chi connectivity index (χ4v) is 8.24. The van der Waals surface area contributed by atoms with Crippen molar-refractivity contribution in [2.24, 2.45) is 0 Å². The van der Waals surface area contributed by atoms with Crippen LogP contribution in [0.1, 0.15) is 0 Å². The second-order valence-corrected chi connectivity index (χ2v) is 12.3. The summed E-state index contributed by atoms with van der Waals surface area (Å²) in [5.41, 5.74) is 7.62. The molecule has 1 aromatic heterocycles. The molecule has 200 valence electrons. The topological polar surface area (TPSA) is 0 Å². The quantitative estimate of drug-likeness (QED) is 0.188. The molecule has 0 aliphatic rings. The van der Waals surface area contributed by atoms with Crippen LogP contribution < -0.4 is 0 Å². The summed E-state index contributed by atoms with van der Waals surface area (Å²) >= 11 is 1.91. The smallest absolute Gasteiger partial charge is 0.0434 e. The number of thiophene rings is 1. The summed E-state index contributed by atoms with van der Waals surface area (Å²) < 4.78 is 2.69. The number of hydrogen-bond acceptors (Lipinski definition) is 1. The van der Waals surface area contributed by atoms with Gasteiger partial charge in [-0.15, -0.1) is 11.3 Å². The van der Waals surface area contributed by atoms with Crippen LogP contribution in [-0.2, 0) is 0 Å². The highest BCUT2D eigenvalue weighted by Crippen LogP contribution is 2.48. The third-order valence-corrected chi connectivity index (χ3v) is 10.1. The Labute approximate surface area is 254 Å². The van der Waals surface area contributed by atoms with E-state index in [1.54, 1.807) is 0 Å². The molecule has 9 aromatic rings. The summed E-state index contributed by atoms with van der Waals surface area (Å²) in [5, 5.41) is 10.4. The Hall–Kier alpha value is -5.24. The summed E-state index contributed by atoms with van der Waals surface area (Å²) in [7, 11) is 0. The van der Waals surface area contributed by atoms with Gasteiger partial charge in [0.2, 0.25) is 0 Å². The van der Waals surface area contributed by atoms with Crippen LogP contribution in [0.2, 0.25) is 0 Å². The third kappa shape index (κ3) is 3.75. The normalized spacial score (nSPS) is 11.7. The average Bonchev–Trinajstić information content (AvgIpc) is 3.47. The largest absolute Gasteiger partial charge is 0.135 e. The molecule has 0 radical (unpaired) electrons. The molecule has 0 fully saturated rings. The Balaban J connectivity index is 1.39. The summed E-state index contributed by atoms with van der Waals surface area (Å²) in [6.07, 6.45) is 0. The minimum absolute atomic E-state index is 1.23. The third-order valence-electron chi connectivity index (χ3n) is 8.85. The van der Waals surface area contributed by atoms with E-state index in [-0.39, 0.29) is 0 Å². The monoisotopic (exact) mass is 562 g/mol. The predicted octanol–water partition coefficient (Wildman–Crippen LogP) is 12.5. The Bertz CT molecular complexity index is 2440. The van der Waals surface area contributed by atoms with Gasteiger partial charge in [-0.05, 0) is 77.8 Å². The van der Waals surface area contributed by atoms with Gasteiger partial charge < -0.3 is 0 Å². The Kier molecular flexibility index (Phi) is 5.47. The highest BCUT2D eigenvalue weighted by Gasteiger charge is 2.20. The lowest BCUT2D eigenvalue weighted by Gasteiger charge is -2.19. The Morgan fingerprint density at radius 2 is 0.930 bits per heavy atom. The fourth-order valence-electron chi connectivity index (χ4n) is 6.98. The van der Waals surface area contributed by atoms with Crippen LogP contribution in [-0.4, -0.2) is 0 Å². The summed E-state index contributed by atoms with van der Waals surface area (Å²) in [6, 6.07) is 57.8. The molecule has 0 unspecified atom stereocenters. The zero-order valence-electron chi connectivity index (χ0n) is 23.4. The molecule has 0 saturated carbocycles. The van der Waals surface area contributed by atoms with Crippen LogP contribution in [0.15, 0.2) is 158 Å². The lowest BCUT2D eigenvalue weighted by Crippen LogP contribution is -1.91. The lowest BCUT2D eigenvalue weighted by molar-refractivity contribution is 1.61. The van der Waals surface area contributed by atoms with Gasteiger partial charge in [-0.25, -0.2) is 0 Å². The van der Waals surface area contributed by atoms with Gasteiger partial charge in [0.05, 0.1) is 0 Å². The van der Waals surface area contributed by atoms with Crippen LogP contribution in [0.25, 0.3) is 85.9 Å². The fraction of sp³-hybridized carbons (Fsp3) is 0. The van der Waals surface area contributed by atoms with E-state index in [1.807, 2.05) is 11.3 Å². The van der Waals surface area contributed by atoms with Crippen molar-refractivity contribution in [3.05, 3.63) is 158 Å². The van der Waals surface area contributed by atoms with Crippen molar-refractivity contribution < 1.29 is 0 Å². The molecule has 0 amide bonds. The molecule has 0 spiro atoms. The number of hydrogen-bond donors (Lipinski definition) is 0. The van der Waals surface area contributed by atoms with Crippen LogP contribution >= 0.6 is 11.3 Å². The molecule has 0 saturated heterocycles. The van der Waals surface area contributed by atoms with Crippen molar-refractivity contribution in [3.8, 4) is 33.4 Å². The zero-order valence-corrected chi connectivity index (χ0v) is 24.2. The van der Waals surface area contributed by atoms with E-state index in [0.29, 0.717) is 0 Å². The summed E-state index contributed by atoms with van der Waals surface area (Å²) in [5.74, 6) is 0. The van der Waals surface area contributed by atoms with Crippen LogP contribution in [0, 0.1) is 0 Å². The molecule has 1 heterocycles. The zero-order chi connectivity index (χ0) is 28.3. The molecule has 0 aliphatic heterocycles. The van der Waals surface area contributed by atoms with E-state index in [9.17, 15) is 0 Å². The maximum absolute atomic E-state index is 2.35. The van der Waals surface area contributed by atoms with Gasteiger partial charge >= 0.3 is 0 Å². The molecule has 8 aromatic carbocycles. The molecule has 0 nitrogen and oxygen atoms in total. The molecule has 9 rings (SSSR count). The average molecular weight is 563 g/mol. The van der Waals surface area contributed by atoms with Gasteiger partial charge in [-0.3, -0.25) is 0 Å². The van der Waals surface area contributed by atoms with E-state index in [1.165, 1.54) is 85.9 Å². The first-order valence-corrected chi connectivity index (χ1v) is 15.6. The second kappa shape index (κ2) is 9.66. The first kappa shape index (κ1) is 24.4. The Morgan fingerprint density at radius 3 is 1.67 bits per heavy atom. The Morgan fingerprint density at radius 1 is 0.349 bits per heavy atom. The van der Waals surface area contributed by atoms with Crippen molar-refractivity contribution in [2.75, 3.05) is 0 Å². The maximum Gasteiger partial charge on any atom is 0.0434 e. The van der Waals surface area contributed by atoms with Gasteiger partial charge in [0.25, 0.3) is 0 Å². The van der Waals surface area contributed by atoms with Crippen LogP contribution in [0.3, 0.4) is 0 Å². The summed E-state index contributed by atoms with van der Waals surface area (Å²) in [4.78, 5) is 0. The van der Waals surface area contributed by atoms with Gasteiger partial charge in [0.15, 0.2) is 0 Å². The molecule has 0 aliphatic carbocycles. The lowest BCUT2D eigenvalue weighted by atomic mass is 9.84. The van der Waals surface area contributed by atoms with E-state index < -0.39 is 0 Å². The first-order valence-electron chi connectivity index (χ1n) is 14.8. The maximum atomic E-state index is 2.35. The molecule has 0 atom stereocenters. The van der Waals surface area contributed by atoms with Gasteiger partial charge in [-0.2, -0.15) is 0 Å². The molecular formula is C42H26S. The van der Waals surface area contributed by atoms with Crippen molar-refractivity contribution in [3.63, 3.8) is 0 Å². The highest BCUT2D eigenvalue weighted by molar-refractivity contribution is 7.26. The minimum Gasteiger partial charge on any atom is -0.135 e. The van der Waals surface area contributed by atoms with Crippen molar-refractivity contribution in [1.82, 2.24) is 0 Å². The van der Waals surface area contributed by atoms with Gasteiger partial charge in [0.1, 0.15) is 0 Å². The molecule has 1 heteroatoms. The van der Waals surface area contributed by atoms with Crippen molar-refractivity contribution in [1.29, 1.82) is 0 Å². The molecular weight excluding hydrogens is 537 g/mol. The predicted molar refractivity (Wildman–Crippen MR) is 188 cm³/mol.